The molecule has 2 aromatic rings. The van der Waals surface area contributed by atoms with Crippen LogP contribution in [0.4, 0.5) is 0 Å². The molecule has 0 saturated carbocycles. The summed E-state index contributed by atoms with van der Waals surface area (Å²) in [6.07, 6.45) is 2.45. The molecule has 8 nitrogen and oxygen atoms in total. The molecule has 0 radical (unpaired) electrons. The Morgan fingerprint density at radius 2 is 2.07 bits per heavy atom. The maximum atomic E-state index is 12.7. The third kappa shape index (κ3) is 4.51. The van der Waals surface area contributed by atoms with E-state index < -0.39 is 24.5 Å². The van der Waals surface area contributed by atoms with Gasteiger partial charge in [0.1, 0.15) is 5.82 Å². The van der Waals surface area contributed by atoms with Crippen molar-refractivity contribution in [2.45, 2.75) is 50.6 Å². The zero-order valence-corrected chi connectivity index (χ0v) is 15.1. The van der Waals surface area contributed by atoms with Gasteiger partial charge in [0.2, 0.25) is 5.91 Å². The summed E-state index contributed by atoms with van der Waals surface area (Å²) in [4.78, 5) is 45.3. The maximum Gasteiger partial charge on any atom is 0.305 e. The lowest BCUT2D eigenvalue weighted by Crippen LogP contribution is -2.53. The number of piperidine rings is 1. The SMILES string of the molecule is NC(CC(=O)O)C(=O)C1CCCCN1C(=O)CCc1nc2ccccc2[nH]1. The molecule has 1 aromatic carbocycles. The highest BCUT2D eigenvalue weighted by Crippen LogP contribution is 2.21. The lowest BCUT2D eigenvalue weighted by atomic mass is 9.93. The van der Waals surface area contributed by atoms with Gasteiger partial charge in [-0.2, -0.15) is 0 Å². The van der Waals surface area contributed by atoms with E-state index in [1.807, 2.05) is 24.3 Å². The summed E-state index contributed by atoms with van der Waals surface area (Å²) in [5.74, 6) is -0.883. The Hall–Kier alpha value is -2.74. The average Bonchev–Trinajstić information content (AvgIpc) is 3.08. The number of aryl methyl sites for hydroxylation is 1. The van der Waals surface area contributed by atoms with Gasteiger partial charge in [-0.15, -0.1) is 0 Å². The van der Waals surface area contributed by atoms with Crippen LogP contribution >= 0.6 is 0 Å². The van der Waals surface area contributed by atoms with Crippen molar-refractivity contribution in [2.24, 2.45) is 5.73 Å². The second kappa shape index (κ2) is 8.30. The van der Waals surface area contributed by atoms with Gasteiger partial charge in [-0.25, -0.2) is 4.98 Å². The summed E-state index contributed by atoms with van der Waals surface area (Å²) in [6, 6.07) is 5.94. The molecule has 8 heteroatoms. The number of likely N-dealkylation sites (tertiary alicyclic amines) is 1. The molecule has 1 amide bonds. The average molecular weight is 372 g/mol. The molecule has 4 N–H and O–H groups in total. The van der Waals surface area contributed by atoms with E-state index in [1.54, 1.807) is 4.90 Å². The Bertz CT molecular complexity index is 814. The van der Waals surface area contributed by atoms with Gasteiger partial charge >= 0.3 is 5.97 Å². The zero-order chi connectivity index (χ0) is 19.4. The third-order valence-corrected chi connectivity index (χ3v) is 4.93. The minimum Gasteiger partial charge on any atom is -0.481 e. The topological polar surface area (TPSA) is 129 Å². The molecule has 1 saturated heterocycles. The number of aromatic nitrogens is 2. The number of ketones is 1. The minimum atomic E-state index is -1.12. The molecule has 3 rings (SSSR count). The molecular formula is C19H24N4O4. The quantitative estimate of drug-likeness (QED) is 0.671. The highest BCUT2D eigenvalue weighted by Gasteiger charge is 2.35. The zero-order valence-electron chi connectivity index (χ0n) is 15.1. The first-order valence-corrected chi connectivity index (χ1v) is 9.20. The number of H-pyrrole nitrogens is 1. The summed E-state index contributed by atoms with van der Waals surface area (Å²) < 4.78 is 0. The molecule has 0 aliphatic carbocycles. The van der Waals surface area contributed by atoms with Crippen molar-refractivity contribution in [2.75, 3.05) is 6.54 Å². The van der Waals surface area contributed by atoms with Crippen molar-refractivity contribution in [1.29, 1.82) is 0 Å². The number of nitrogens with zero attached hydrogens (tertiary/aromatic N) is 2. The van der Waals surface area contributed by atoms with Crippen molar-refractivity contribution >= 4 is 28.7 Å². The first-order valence-electron chi connectivity index (χ1n) is 9.20. The van der Waals surface area contributed by atoms with Crippen molar-refractivity contribution in [1.82, 2.24) is 14.9 Å². The molecule has 1 aliphatic rings. The number of aliphatic carboxylic acids is 1. The van der Waals surface area contributed by atoms with Gasteiger partial charge in [0.15, 0.2) is 5.78 Å². The van der Waals surface area contributed by atoms with Crippen molar-refractivity contribution in [3.05, 3.63) is 30.1 Å². The number of nitrogens with one attached hydrogen (secondary N) is 1. The normalized spacial score (nSPS) is 18.4. The van der Waals surface area contributed by atoms with Crippen molar-refractivity contribution < 1.29 is 19.5 Å². The summed E-state index contributed by atoms with van der Waals surface area (Å²) in [5.41, 5.74) is 7.51. The predicted molar refractivity (Wildman–Crippen MR) is 99.0 cm³/mol. The van der Waals surface area contributed by atoms with Crippen LogP contribution in [0, 0.1) is 0 Å². The minimum absolute atomic E-state index is 0.129. The summed E-state index contributed by atoms with van der Waals surface area (Å²) in [6.45, 7) is 0.495. The highest BCUT2D eigenvalue weighted by molar-refractivity contribution is 5.94. The number of aromatic amines is 1. The number of amides is 1. The number of benzene rings is 1. The number of fused-ring (bicyclic) bond motifs is 1. The first-order chi connectivity index (χ1) is 13.0. The molecule has 0 bridgehead atoms. The smallest absolute Gasteiger partial charge is 0.305 e. The number of carbonyl (C=O) groups is 3. The lowest BCUT2D eigenvalue weighted by molar-refractivity contribution is -0.143. The summed E-state index contributed by atoms with van der Waals surface area (Å²) in [7, 11) is 0. The van der Waals surface area contributed by atoms with Gasteiger partial charge in [-0.3, -0.25) is 14.4 Å². The number of hydrogen-bond donors (Lipinski definition) is 3. The Balaban J connectivity index is 1.64. The predicted octanol–water partition coefficient (Wildman–Crippen LogP) is 1.25. The number of carboxylic acid groups (broad SMARTS) is 1. The summed E-state index contributed by atoms with van der Waals surface area (Å²) >= 11 is 0. The second-order valence-electron chi connectivity index (χ2n) is 6.91. The van der Waals surface area contributed by atoms with Crippen LogP contribution < -0.4 is 5.73 Å². The van der Waals surface area contributed by atoms with Gasteiger partial charge in [-0.1, -0.05) is 12.1 Å². The van der Waals surface area contributed by atoms with Gasteiger partial charge in [0, 0.05) is 19.4 Å². The van der Waals surface area contributed by atoms with Crippen LogP contribution in [0.15, 0.2) is 24.3 Å². The third-order valence-electron chi connectivity index (χ3n) is 4.93. The number of carbonyl (C=O) groups excluding carboxylic acids is 2. The van der Waals surface area contributed by atoms with E-state index in [-0.39, 0.29) is 18.1 Å². The molecule has 27 heavy (non-hydrogen) atoms. The Morgan fingerprint density at radius 1 is 1.30 bits per heavy atom. The Morgan fingerprint density at radius 3 is 2.81 bits per heavy atom. The molecule has 1 aliphatic heterocycles. The largest absolute Gasteiger partial charge is 0.481 e. The Kier molecular flexibility index (Phi) is 5.85. The number of imidazole rings is 1. The molecular weight excluding hydrogens is 348 g/mol. The van der Waals surface area contributed by atoms with E-state index >= 15 is 0 Å². The van der Waals surface area contributed by atoms with Crippen LogP contribution in [-0.4, -0.2) is 56.3 Å². The standard InChI is InChI=1S/C19H24N4O4/c20-12(11-18(25)26)19(27)15-7-3-4-10-23(15)17(24)9-8-16-21-13-5-1-2-6-14(13)22-16/h1-2,5-6,12,15H,3-4,7-11,20H2,(H,21,22)(H,25,26). The highest BCUT2D eigenvalue weighted by atomic mass is 16.4. The molecule has 2 heterocycles. The van der Waals surface area contributed by atoms with Crippen molar-refractivity contribution in [3.63, 3.8) is 0 Å². The number of nitrogens with two attached hydrogens (primary N) is 1. The molecule has 2 unspecified atom stereocenters. The van der Waals surface area contributed by atoms with E-state index in [4.69, 9.17) is 10.8 Å². The van der Waals surface area contributed by atoms with Crippen LogP contribution in [0.3, 0.4) is 0 Å². The number of para-hydroxylation sites is 2. The molecule has 2 atom stereocenters. The fraction of sp³-hybridized carbons (Fsp3) is 0.474. The molecule has 0 spiro atoms. The number of carboxylic acids is 1. The van der Waals surface area contributed by atoms with Gasteiger partial charge in [-0.05, 0) is 31.4 Å². The van der Waals surface area contributed by atoms with Gasteiger partial charge < -0.3 is 20.7 Å². The monoisotopic (exact) mass is 372 g/mol. The van der Waals surface area contributed by atoms with E-state index in [1.165, 1.54) is 0 Å². The van der Waals surface area contributed by atoms with E-state index in [9.17, 15) is 14.4 Å². The van der Waals surface area contributed by atoms with Crippen LogP contribution in [0.1, 0.15) is 37.9 Å². The summed E-state index contributed by atoms with van der Waals surface area (Å²) in [5, 5.41) is 8.85. The van der Waals surface area contributed by atoms with Gasteiger partial charge in [0.25, 0.3) is 0 Å². The van der Waals surface area contributed by atoms with E-state index in [2.05, 4.69) is 9.97 Å². The molecule has 1 aromatic heterocycles. The van der Waals surface area contributed by atoms with Crippen LogP contribution in [-0.2, 0) is 20.8 Å². The van der Waals surface area contributed by atoms with Crippen molar-refractivity contribution in [3.8, 4) is 0 Å². The fourth-order valence-corrected chi connectivity index (χ4v) is 3.55. The number of Topliss-reactive ketones (excluding diaryl/α,β-unsaturated/α-hetero) is 1. The maximum absolute atomic E-state index is 12.7. The van der Waals surface area contributed by atoms with Crippen LogP contribution in [0.5, 0.6) is 0 Å². The number of hydrogen-bond acceptors (Lipinski definition) is 5. The Labute approximate surface area is 156 Å². The van der Waals surface area contributed by atoms with E-state index in [0.717, 1.165) is 29.7 Å². The molecule has 1 fully saturated rings. The second-order valence-corrected chi connectivity index (χ2v) is 6.91. The number of rotatable bonds is 7. The first kappa shape index (κ1) is 19.0. The fourth-order valence-electron chi connectivity index (χ4n) is 3.55. The van der Waals surface area contributed by atoms with Crippen LogP contribution in [0.25, 0.3) is 11.0 Å². The van der Waals surface area contributed by atoms with E-state index in [0.29, 0.717) is 19.4 Å². The molecule has 144 valence electrons. The lowest BCUT2D eigenvalue weighted by Gasteiger charge is -2.36. The van der Waals surface area contributed by atoms with Gasteiger partial charge in [0.05, 0.1) is 29.5 Å². The van der Waals surface area contributed by atoms with Crippen LogP contribution in [0.2, 0.25) is 0 Å².